The number of rotatable bonds is 6. The van der Waals surface area contributed by atoms with Crippen LogP contribution in [-0.4, -0.2) is 35.7 Å². The van der Waals surface area contributed by atoms with Crippen LogP contribution in [0.2, 0.25) is 0 Å². The SMILES string of the molecule is CSC(C)CNC/C=C/C(=O)O. The number of carboxylic acids is 1. The molecule has 0 aliphatic carbocycles. The molecule has 0 aromatic rings. The van der Waals surface area contributed by atoms with Crippen molar-refractivity contribution in [3.8, 4) is 0 Å². The molecular weight excluding hydrogens is 174 g/mol. The molecule has 4 heteroatoms. The molecule has 0 aromatic carbocycles. The first-order valence-corrected chi connectivity index (χ1v) is 5.08. The average molecular weight is 189 g/mol. The summed E-state index contributed by atoms with van der Waals surface area (Å²) >= 11 is 1.79. The number of carboxylic acid groups (broad SMARTS) is 1. The van der Waals surface area contributed by atoms with E-state index in [1.807, 2.05) is 0 Å². The van der Waals surface area contributed by atoms with Gasteiger partial charge in [-0.15, -0.1) is 0 Å². The van der Waals surface area contributed by atoms with E-state index in [0.29, 0.717) is 11.8 Å². The number of nitrogens with one attached hydrogen (secondary N) is 1. The normalized spacial score (nSPS) is 13.5. The van der Waals surface area contributed by atoms with E-state index in [1.165, 1.54) is 0 Å². The quantitative estimate of drug-likeness (QED) is 0.483. The van der Waals surface area contributed by atoms with E-state index < -0.39 is 5.97 Å². The van der Waals surface area contributed by atoms with Crippen molar-refractivity contribution in [1.29, 1.82) is 0 Å². The van der Waals surface area contributed by atoms with E-state index in [9.17, 15) is 4.79 Å². The Morgan fingerprint density at radius 3 is 2.92 bits per heavy atom. The lowest BCUT2D eigenvalue weighted by molar-refractivity contribution is -0.131. The Balaban J connectivity index is 3.26. The minimum atomic E-state index is -0.894. The summed E-state index contributed by atoms with van der Waals surface area (Å²) in [6, 6.07) is 0. The van der Waals surface area contributed by atoms with Crippen LogP contribution in [0.25, 0.3) is 0 Å². The fourth-order valence-corrected chi connectivity index (χ4v) is 0.898. The van der Waals surface area contributed by atoms with E-state index >= 15 is 0 Å². The predicted octanol–water partition coefficient (Wildman–Crippen LogP) is 0.968. The van der Waals surface area contributed by atoms with Gasteiger partial charge in [-0.2, -0.15) is 11.8 Å². The Bertz CT molecular complexity index is 159. The molecule has 12 heavy (non-hydrogen) atoms. The summed E-state index contributed by atoms with van der Waals surface area (Å²) in [7, 11) is 0. The predicted molar refractivity (Wildman–Crippen MR) is 52.6 cm³/mol. The zero-order chi connectivity index (χ0) is 9.40. The summed E-state index contributed by atoms with van der Waals surface area (Å²) in [5, 5.41) is 11.9. The molecule has 0 amide bonds. The second kappa shape index (κ2) is 7.18. The first-order chi connectivity index (χ1) is 5.66. The highest BCUT2D eigenvalue weighted by atomic mass is 32.2. The lowest BCUT2D eigenvalue weighted by atomic mass is 10.4. The molecule has 1 atom stereocenters. The van der Waals surface area contributed by atoms with E-state index in [1.54, 1.807) is 17.8 Å². The number of thioether (sulfide) groups is 1. The van der Waals surface area contributed by atoms with Crippen LogP contribution in [0.3, 0.4) is 0 Å². The maximum Gasteiger partial charge on any atom is 0.328 e. The summed E-state index contributed by atoms with van der Waals surface area (Å²) < 4.78 is 0. The molecule has 0 aliphatic heterocycles. The third-order valence-electron chi connectivity index (χ3n) is 1.36. The summed E-state index contributed by atoms with van der Waals surface area (Å²) in [5.74, 6) is -0.894. The van der Waals surface area contributed by atoms with E-state index in [4.69, 9.17) is 5.11 Å². The van der Waals surface area contributed by atoms with Crippen LogP contribution in [0.1, 0.15) is 6.92 Å². The number of hydrogen-bond donors (Lipinski definition) is 2. The average Bonchev–Trinajstić information content (AvgIpc) is 2.03. The second-order valence-electron chi connectivity index (χ2n) is 2.45. The van der Waals surface area contributed by atoms with Crippen molar-refractivity contribution in [2.24, 2.45) is 0 Å². The van der Waals surface area contributed by atoms with Crippen molar-refractivity contribution >= 4 is 17.7 Å². The highest BCUT2D eigenvalue weighted by Gasteiger charge is 1.95. The van der Waals surface area contributed by atoms with Gasteiger partial charge in [-0.1, -0.05) is 13.0 Å². The number of hydrogen-bond acceptors (Lipinski definition) is 3. The minimum Gasteiger partial charge on any atom is -0.478 e. The summed E-state index contributed by atoms with van der Waals surface area (Å²) in [6.07, 6.45) is 4.81. The molecular formula is C8H15NO2S. The molecule has 0 aromatic heterocycles. The van der Waals surface area contributed by atoms with Gasteiger partial charge in [0.25, 0.3) is 0 Å². The van der Waals surface area contributed by atoms with Gasteiger partial charge in [0, 0.05) is 24.4 Å². The third kappa shape index (κ3) is 7.63. The lowest BCUT2D eigenvalue weighted by Gasteiger charge is -2.06. The molecule has 0 fully saturated rings. The van der Waals surface area contributed by atoms with Crippen molar-refractivity contribution in [2.75, 3.05) is 19.3 Å². The molecule has 0 rings (SSSR count). The zero-order valence-corrected chi connectivity index (χ0v) is 8.23. The molecule has 3 nitrogen and oxygen atoms in total. The van der Waals surface area contributed by atoms with E-state index in [0.717, 1.165) is 12.6 Å². The van der Waals surface area contributed by atoms with Gasteiger partial charge in [-0.25, -0.2) is 4.79 Å². The molecule has 0 saturated carbocycles. The van der Waals surface area contributed by atoms with Crippen molar-refractivity contribution < 1.29 is 9.90 Å². The van der Waals surface area contributed by atoms with Gasteiger partial charge in [0.15, 0.2) is 0 Å². The van der Waals surface area contributed by atoms with Crippen LogP contribution in [0.5, 0.6) is 0 Å². The van der Waals surface area contributed by atoms with Crippen molar-refractivity contribution in [2.45, 2.75) is 12.2 Å². The zero-order valence-electron chi connectivity index (χ0n) is 7.41. The summed E-state index contributed by atoms with van der Waals surface area (Å²) in [5.41, 5.74) is 0. The van der Waals surface area contributed by atoms with Crippen molar-refractivity contribution in [3.63, 3.8) is 0 Å². The molecule has 0 saturated heterocycles. The van der Waals surface area contributed by atoms with Crippen LogP contribution in [0.15, 0.2) is 12.2 Å². The highest BCUT2D eigenvalue weighted by Crippen LogP contribution is 2.01. The fraction of sp³-hybridized carbons (Fsp3) is 0.625. The van der Waals surface area contributed by atoms with E-state index in [-0.39, 0.29) is 0 Å². The second-order valence-corrected chi connectivity index (χ2v) is 3.72. The monoisotopic (exact) mass is 189 g/mol. The fourth-order valence-electron chi connectivity index (χ4n) is 0.613. The Morgan fingerprint density at radius 1 is 1.75 bits per heavy atom. The number of aliphatic carboxylic acids is 1. The Hall–Kier alpha value is -0.480. The van der Waals surface area contributed by atoms with Crippen LogP contribution in [0.4, 0.5) is 0 Å². The van der Waals surface area contributed by atoms with Crippen molar-refractivity contribution in [3.05, 3.63) is 12.2 Å². The van der Waals surface area contributed by atoms with Crippen LogP contribution < -0.4 is 5.32 Å². The van der Waals surface area contributed by atoms with Gasteiger partial charge in [0.05, 0.1) is 0 Å². The maximum atomic E-state index is 10.0. The molecule has 1 unspecified atom stereocenters. The largest absolute Gasteiger partial charge is 0.478 e. The molecule has 0 heterocycles. The van der Waals surface area contributed by atoms with Crippen LogP contribution in [-0.2, 0) is 4.79 Å². The van der Waals surface area contributed by atoms with Gasteiger partial charge >= 0.3 is 5.97 Å². The lowest BCUT2D eigenvalue weighted by Crippen LogP contribution is -2.22. The number of carbonyl (C=O) groups is 1. The molecule has 0 spiro atoms. The van der Waals surface area contributed by atoms with Crippen molar-refractivity contribution in [1.82, 2.24) is 5.32 Å². The topological polar surface area (TPSA) is 49.3 Å². The standard InChI is InChI=1S/C8H15NO2S/c1-7(12-2)6-9-5-3-4-8(10)11/h3-4,7,9H,5-6H2,1-2H3,(H,10,11)/b4-3+. The molecule has 0 aliphatic rings. The molecule has 0 bridgehead atoms. The van der Waals surface area contributed by atoms with Gasteiger partial charge in [0.1, 0.15) is 0 Å². The first kappa shape index (κ1) is 11.5. The Kier molecular flexibility index (Phi) is 6.90. The van der Waals surface area contributed by atoms with Crippen LogP contribution in [0, 0.1) is 0 Å². The van der Waals surface area contributed by atoms with E-state index in [2.05, 4.69) is 18.5 Å². The summed E-state index contributed by atoms with van der Waals surface area (Å²) in [4.78, 5) is 10.0. The molecule has 2 N–H and O–H groups in total. The van der Waals surface area contributed by atoms with Gasteiger partial charge in [0.2, 0.25) is 0 Å². The van der Waals surface area contributed by atoms with Gasteiger partial charge in [-0.05, 0) is 6.26 Å². The molecule has 0 radical (unpaired) electrons. The maximum absolute atomic E-state index is 10.0. The Labute approximate surface area is 77.2 Å². The minimum absolute atomic E-state index is 0.572. The van der Waals surface area contributed by atoms with Crippen LogP contribution >= 0.6 is 11.8 Å². The summed E-state index contributed by atoms with van der Waals surface area (Å²) in [6.45, 7) is 3.65. The highest BCUT2D eigenvalue weighted by molar-refractivity contribution is 7.99. The van der Waals surface area contributed by atoms with Gasteiger partial charge < -0.3 is 10.4 Å². The Morgan fingerprint density at radius 2 is 2.42 bits per heavy atom. The third-order valence-corrected chi connectivity index (χ3v) is 2.33. The molecule has 70 valence electrons. The smallest absolute Gasteiger partial charge is 0.328 e. The first-order valence-electron chi connectivity index (χ1n) is 3.79. The van der Waals surface area contributed by atoms with Gasteiger partial charge in [-0.3, -0.25) is 0 Å².